The first-order valence-corrected chi connectivity index (χ1v) is 19.3. The van der Waals surface area contributed by atoms with E-state index in [0.717, 1.165) is 51.9 Å². The fourth-order valence-electron chi connectivity index (χ4n) is 6.61. The van der Waals surface area contributed by atoms with Crippen molar-refractivity contribution in [2.45, 2.75) is 81.9 Å². The van der Waals surface area contributed by atoms with Crippen LogP contribution in [-0.4, -0.2) is 47.8 Å². The first-order valence-electron chi connectivity index (χ1n) is 17.3. The van der Waals surface area contributed by atoms with Crippen LogP contribution in [-0.2, 0) is 27.8 Å². The normalized spacial score (nSPS) is 20.6. The molecule has 10 heteroatoms. The molecule has 3 N–H and O–H groups in total. The summed E-state index contributed by atoms with van der Waals surface area (Å²) in [5, 5.41) is 13.5. The molecule has 3 aromatic carbocycles. The van der Waals surface area contributed by atoms with Gasteiger partial charge in [-0.1, -0.05) is 63.2 Å². The minimum atomic E-state index is -0.799. The van der Waals surface area contributed by atoms with Gasteiger partial charge < -0.3 is 15.0 Å². The molecule has 1 aliphatic heterocycles. The van der Waals surface area contributed by atoms with Crippen LogP contribution in [0.5, 0.6) is 0 Å². The van der Waals surface area contributed by atoms with Crippen LogP contribution < -0.4 is 5.32 Å². The van der Waals surface area contributed by atoms with Crippen LogP contribution >= 0.6 is 23.5 Å². The first kappa shape index (κ1) is 37.6. The quantitative estimate of drug-likeness (QED) is 0.179. The highest BCUT2D eigenvalue weighted by atomic mass is 32.2. The molecule has 50 heavy (non-hydrogen) atoms. The zero-order chi connectivity index (χ0) is 36.1. The average Bonchev–Trinajstić information content (AvgIpc) is 3.55. The number of aromatic nitrogens is 1. The van der Waals surface area contributed by atoms with Crippen molar-refractivity contribution in [1.82, 2.24) is 10.3 Å². The summed E-state index contributed by atoms with van der Waals surface area (Å²) in [4.78, 5) is 21.6. The molecular formula is C40H48F2N4O2S2. The summed E-state index contributed by atoms with van der Waals surface area (Å²) in [6, 6.07) is 16.3. The summed E-state index contributed by atoms with van der Waals surface area (Å²) in [6.07, 6.45) is 5.50. The van der Waals surface area contributed by atoms with Crippen molar-refractivity contribution in [2.24, 2.45) is 16.3 Å². The van der Waals surface area contributed by atoms with Gasteiger partial charge in [-0.15, -0.1) is 0 Å². The van der Waals surface area contributed by atoms with Crippen molar-refractivity contribution < 1.29 is 18.3 Å². The van der Waals surface area contributed by atoms with E-state index in [1.165, 1.54) is 23.9 Å². The third-order valence-electron chi connectivity index (χ3n) is 9.58. The van der Waals surface area contributed by atoms with E-state index in [1.54, 1.807) is 26.1 Å². The highest BCUT2D eigenvalue weighted by molar-refractivity contribution is 7.99. The third-order valence-corrected chi connectivity index (χ3v) is 12.2. The number of benzene rings is 3. The van der Waals surface area contributed by atoms with Gasteiger partial charge in [0.1, 0.15) is 23.3 Å². The Hall–Kier alpha value is -3.63. The molecule has 0 saturated heterocycles. The monoisotopic (exact) mass is 718 g/mol. The first-order chi connectivity index (χ1) is 23.8. The summed E-state index contributed by atoms with van der Waals surface area (Å²) in [5.41, 5.74) is 3.05. The Kier molecular flexibility index (Phi) is 12.2. The topological polar surface area (TPSA) is 90.3 Å². The van der Waals surface area contributed by atoms with E-state index in [2.05, 4.69) is 30.2 Å². The maximum absolute atomic E-state index is 15.7. The molecule has 0 amide bonds. The maximum atomic E-state index is 15.7. The molecule has 1 aliphatic rings. The number of aliphatic imine (C=N–C) groups is 1. The van der Waals surface area contributed by atoms with E-state index < -0.39 is 11.2 Å². The van der Waals surface area contributed by atoms with Crippen LogP contribution in [0.2, 0.25) is 0 Å². The number of halogens is 2. The van der Waals surface area contributed by atoms with E-state index >= 15 is 8.78 Å². The fraction of sp³-hybridized carbons (Fsp3) is 0.425. The lowest BCUT2D eigenvalue weighted by Gasteiger charge is -2.32. The third kappa shape index (κ3) is 8.62. The molecular weight excluding hydrogens is 671 g/mol. The Balaban J connectivity index is 1.58. The Bertz CT molecular complexity index is 1890. The number of amidine groups is 2. The van der Waals surface area contributed by atoms with Crippen LogP contribution in [0.1, 0.15) is 76.1 Å². The summed E-state index contributed by atoms with van der Waals surface area (Å²) in [6.45, 7) is 10.6. The van der Waals surface area contributed by atoms with Crippen LogP contribution in [0.3, 0.4) is 0 Å². The molecule has 6 nitrogen and oxygen atoms in total. The number of carbonyl (C=O) groups is 1. The number of nitrogens with zero attached hydrogens (tertiary/aromatic N) is 1. The van der Waals surface area contributed by atoms with Crippen molar-refractivity contribution in [2.75, 3.05) is 25.2 Å². The van der Waals surface area contributed by atoms with E-state index in [1.807, 2.05) is 56.1 Å². The van der Waals surface area contributed by atoms with Gasteiger partial charge in [-0.3, -0.25) is 10.2 Å². The van der Waals surface area contributed by atoms with Gasteiger partial charge in [0, 0.05) is 29.0 Å². The van der Waals surface area contributed by atoms with Crippen molar-refractivity contribution in [3.63, 3.8) is 0 Å². The molecule has 0 aliphatic carbocycles. The zero-order valence-electron chi connectivity index (χ0n) is 29.8. The number of ether oxygens (including phenoxy) is 1. The summed E-state index contributed by atoms with van der Waals surface area (Å²) in [7, 11) is 1.67. The summed E-state index contributed by atoms with van der Waals surface area (Å²) < 4.78 is 36.6. The molecule has 0 radical (unpaired) electrons. The number of thioether (sulfide) groups is 1. The molecule has 2 unspecified atom stereocenters. The van der Waals surface area contributed by atoms with Gasteiger partial charge in [0.15, 0.2) is 0 Å². The molecule has 2 bridgehead atoms. The number of fused-ring (bicyclic) bond motifs is 5. The highest BCUT2D eigenvalue weighted by Gasteiger charge is 2.34. The molecule has 2 heterocycles. The molecule has 2 atom stereocenters. The van der Waals surface area contributed by atoms with Crippen LogP contribution in [0.4, 0.5) is 8.78 Å². The van der Waals surface area contributed by atoms with Crippen LogP contribution in [0, 0.1) is 28.4 Å². The predicted molar refractivity (Wildman–Crippen MR) is 204 cm³/mol. The number of aromatic amines is 1. The van der Waals surface area contributed by atoms with Crippen molar-refractivity contribution >= 4 is 52.1 Å². The average molecular weight is 719 g/mol. The van der Waals surface area contributed by atoms with Gasteiger partial charge in [0.05, 0.1) is 28.4 Å². The van der Waals surface area contributed by atoms with E-state index in [9.17, 15) is 10.2 Å². The van der Waals surface area contributed by atoms with Gasteiger partial charge >= 0.3 is 5.97 Å². The molecule has 0 fully saturated rings. The minimum Gasteiger partial charge on any atom is -0.466 e. The Labute approximate surface area is 303 Å². The molecule has 1 aromatic heterocycles. The number of aryl methyl sites for hydroxylation is 1. The predicted octanol–water partition coefficient (Wildman–Crippen LogP) is 9.73. The van der Waals surface area contributed by atoms with E-state index in [0.29, 0.717) is 35.7 Å². The second-order valence-electron chi connectivity index (χ2n) is 14.1. The molecule has 4 aromatic rings. The molecule has 266 valence electrons. The number of esters is 1. The van der Waals surface area contributed by atoms with E-state index in [-0.39, 0.29) is 40.4 Å². The lowest BCUT2D eigenvalue weighted by molar-refractivity contribution is -0.147. The van der Waals surface area contributed by atoms with Crippen molar-refractivity contribution in [3.05, 3.63) is 94.7 Å². The number of carbonyl (C=O) groups excluding carboxylic acids is 1. The van der Waals surface area contributed by atoms with Crippen LogP contribution in [0.25, 0.3) is 10.9 Å². The lowest BCUT2D eigenvalue weighted by Crippen LogP contribution is -2.34. The van der Waals surface area contributed by atoms with Gasteiger partial charge in [-0.2, -0.15) is 11.8 Å². The van der Waals surface area contributed by atoms with Gasteiger partial charge in [0.25, 0.3) is 0 Å². The number of rotatable bonds is 5. The largest absolute Gasteiger partial charge is 0.466 e. The smallest absolute Gasteiger partial charge is 0.308 e. The van der Waals surface area contributed by atoms with E-state index in [4.69, 9.17) is 9.73 Å². The second kappa shape index (κ2) is 16.1. The second-order valence-corrected chi connectivity index (χ2v) is 16.3. The molecule has 0 spiro atoms. The lowest BCUT2D eigenvalue weighted by atomic mass is 9.74. The highest BCUT2D eigenvalue weighted by Crippen LogP contribution is 2.40. The maximum Gasteiger partial charge on any atom is 0.308 e. The number of H-pyrrole nitrogens is 1. The van der Waals surface area contributed by atoms with Gasteiger partial charge in [-0.25, -0.2) is 13.8 Å². The Morgan fingerprint density at radius 2 is 1.90 bits per heavy atom. The Morgan fingerprint density at radius 3 is 2.66 bits per heavy atom. The molecule has 0 saturated carbocycles. The van der Waals surface area contributed by atoms with Gasteiger partial charge in [0.2, 0.25) is 0 Å². The number of nitrogens with one attached hydrogen (secondary N) is 3. The standard InChI is InChI=1S/C40H48F2N4O2S2/c1-7-48-37(47)25(2)20-26-10-8-11-27(21-26)40(5)17-9-16-39(3,4)24-49-19-15-30-29-14-18-45-34(29)23-33(42)35(30)50-28-12-13-32(41)31(22-28)36(44-6)46-38(40)43/h8,10-14,18,21-23,25,45H,7,9,15-17,19-20,24H2,1-6H3,(H2,43,44,46). The van der Waals surface area contributed by atoms with Crippen molar-refractivity contribution in [3.8, 4) is 0 Å². The minimum absolute atomic E-state index is 0.0268. The van der Waals surface area contributed by atoms with Crippen LogP contribution in [0.15, 0.2) is 75.6 Å². The molecule has 5 rings (SSSR count). The van der Waals surface area contributed by atoms with Gasteiger partial charge in [-0.05, 0) is 103 Å². The Morgan fingerprint density at radius 1 is 1.10 bits per heavy atom. The number of hydrogen-bond donors (Lipinski definition) is 3. The van der Waals surface area contributed by atoms with Crippen molar-refractivity contribution in [1.29, 1.82) is 5.41 Å². The SMILES string of the molecule is CCOC(=O)C(C)Cc1cccc(C2(C)CCCC(C)(C)CSCCc3c(c(F)cc4[nH]ccc34)Sc3ccc(F)c(c3)/C(NC)=N/C2=N)c1. The summed E-state index contributed by atoms with van der Waals surface area (Å²) >= 11 is 3.17. The summed E-state index contributed by atoms with van der Waals surface area (Å²) in [5.74, 6) is 0.777. The zero-order valence-corrected chi connectivity index (χ0v) is 31.5. The fourth-order valence-corrected chi connectivity index (χ4v) is 8.84. The number of hydrogen-bond acceptors (Lipinski definition) is 6.